The topological polar surface area (TPSA) is 72.2 Å². The standard InChI is InChI=1S/C18H13ClN2O2S/c19-12-7-5-11(6-8-12)15-9-10-16(24-15)18(23)21-14-4-2-1-3-13(14)17(20)22/h1-10H,(H2,20,22)(H,21,23). The Balaban J connectivity index is 1.82. The molecule has 2 amide bonds. The molecule has 1 aromatic heterocycles. The molecular formula is C18H13ClN2O2S. The van der Waals surface area contributed by atoms with Gasteiger partial charge in [0.1, 0.15) is 0 Å². The van der Waals surface area contributed by atoms with Crippen molar-refractivity contribution >= 4 is 40.4 Å². The number of carbonyl (C=O) groups excluding carboxylic acids is 2. The summed E-state index contributed by atoms with van der Waals surface area (Å²) in [5, 5.41) is 3.39. The van der Waals surface area contributed by atoms with Crippen molar-refractivity contribution in [1.29, 1.82) is 0 Å². The molecule has 0 aliphatic heterocycles. The number of hydrogen-bond acceptors (Lipinski definition) is 3. The lowest BCUT2D eigenvalue weighted by Gasteiger charge is -2.07. The summed E-state index contributed by atoms with van der Waals surface area (Å²) < 4.78 is 0. The predicted molar refractivity (Wildman–Crippen MR) is 97.7 cm³/mol. The van der Waals surface area contributed by atoms with Crippen LogP contribution >= 0.6 is 22.9 Å². The van der Waals surface area contributed by atoms with Crippen molar-refractivity contribution in [3.63, 3.8) is 0 Å². The second kappa shape index (κ2) is 6.86. The summed E-state index contributed by atoms with van der Waals surface area (Å²) in [6.45, 7) is 0. The molecule has 0 unspecified atom stereocenters. The maximum absolute atomic E-state index is 12.4. The van der Waals surface area contributed by atoms with Crippen molar-refractivity contribution in [3.8, 4) is 10.4 Å². The summed E-state index contributed by atoms with van der Waals surface area (Å²) in [7, 11) is 0. The first-order valence-electron chi connectivity index (χ1n) is 7.10. The third-order valence-electron chi connectivity index (χ3n) is 3.40. The van der Waals surface area contributed by atoms with Gasteiger partial charge in [0.2, 0.25) is 0 Å². The van der Waals surface area contributed by atoms with E-state index in [9.17, 15) is 9.59 Å². The molecule has 6 heteroatoms. The zero-order valence-corrected chi connectivity index (χ0v) is 14.0. The highest BCUT2D eigenvalue weighted by atomic mass is 35.5. The summed E-state index contributed by atoms with van der Waals surface area (Å²) in [4.78, 5) is 25.3. The van der Waals surface area contributed by atoms with Crippen LogP contribution in [0.15, 0.2) is 60.7 Å². The molecule has 0 aliphatic carbocycles. The van der Waals surface area contributed by atoms with Crippen molar-refractivity contribution in [2.24, 2.45) is 5.73 Å². The first-order chi connectivity index (χ1) is 11.5. The van der Waals surface area contributed by atoms with Crippen molar-refractivity contribution in [3.05, 3.63) is 76.1 Å². The van der Waals surface area contributed by atoms with E-state index < -0.39 is 5.91 Å². The van der Waals surface area contributed by atoms with Crippen LogP contribution < -0.4 is 11.1 Å². The van der Waals surface area contributed by atoms with Crippen molar-refractivity contribution < 1.29 is 9.59 Å². The zero-order valence-electron chi connectivity index (χ0n) is 12.5. The number of nitrogens with one attached hydrogen (secondary N) is 1. The fourth-order valence-corrected chi connectivity index (χ4v) is 3.25. The summed E-state index contributed by atoms with van der Waals surface area (Å²) in [5.41, 5.74) is 6.99. The highest BCUT2D eigenvalue weighted by Crippen LogP contribution is 2.29. The van der Waals surface area contributed by atoms with E-state index in [1.807, 2.05) is 18.2 Å². The fraction of sp³-hybridized carbons (Fsp3) is 0. The number of carbonyl (C=O) groups is 2. The minimum atomic E-state index is -0.584. The Kier molecular flexibility index (Phi) is 4.64. The van der Waals surface area contributed by atoms with Crippen molar-refractivity contribution in [1.82, 2.24) is 0 Å². The Morgan fingerprint density at radius 1 is 0.958 bits per heavy atom. The Hall–Kier alpha value is -2.63. The SMILES string of the molecule is NC(=O)c1ccccc1NC(=O)c1ccc(-c2ccc(Cl)cc2)s1. The molecule has 3 rings (SSSR count). The lowest BCUT2D eigenvalue weighted by molar-refractivity contribution is 0.100. The number of halogens is 1. The van der Waals surface area contributed by atoms with Gasteiger partial charge < -0.3 is 11.1 Å². The number of thiophene rings is 1. The minimum absolute atomic E-state index is 0.278. The number of amides is 2. The van der Waals surface area contributed by atoms with Crippen molar-refractivity contribution in [2.45, 2.75) is 0 Å². The van der Waals surface area contributed by atoms with Gasteiger partial charge in [0.05, 0.1) is 16.1 Å². The van der Waals surface area contributed by atoms with Gasteiger partial charge in [-0.05, 0) is 42.0 Å². The number of rotatable bonds is 4. The fourth-order valence-electron chi connectivity index (χ4n) is 2.22. The van der Waals surface area contributed by atoms with E-state index in [0.29, 0.717) is 15.6 Å². The van der Waals surface area contributed by atoms with E-state index in [2.05, 4.69) is 5.32 Å². The normalized spacial score (nSPS) is 10.4. The van der Waals surface area contributed by atoms with Gasteiger partial charge in [-0.1, -0.05) is 35.9 Å². The summed E-state index contributed by atoms with van der Waals surface area (Å²) in [5.74, 6) is -0.868. The van der Waals surface area contributed by atoms with E-state index in [4.69, 9.17) is 17.3 Å². The van der Waals surface area contributed by atoms with Crippen molar-refractivity contribution in [2.75, 3.05) is 5.32 Å². The average Bonchev–Trinajstić information content (AvgIpc) is 3.06. The zero-order chi connectivity index (χ0) is 17.1. The monoisotopic (exact) mass is 356 g/mol. The first kappa shape index (κ1) is 16.2. The molecule has 2 aromatic carbocycles. The molecule has 0 bridgehead atoms. The van der Waals surface area contributed by atoms with E-state index >= 15 is 0 Å². The molecule has 0 fully saturated rings. The summed E-state index contributed by atoms with van der Waals surface area (Å²) in [6.07, 6.45) is 0. The summed E-state index contributed by atoms with van der Waals surface area (Å²) >= 11 is 7.25. The smallest absolute Gasteiger partial charge is 0.265 e. The number of anilines is 1. The molecule has 0 aliphatic rings. The molecule has 0 atom stereocenters. The molecule has 1 heterocycles. The van der Waals surface area contributed by atoms with Gasteiger partial charge in [-0.15, -0.1) is 11.3 Å². The number of benzene rings is 2. The third-order valence-corrected chi connectivity index (χ3v) is 4.78. The molecule has 24 heavy (non-hydrogen) atoms. The Labute approximate surface area is 147 Å². The number of hydrogen-bond donors (Lipinski definition) is 2. The molecule has 3 N–H and O–H groups in total. The highest BCUT2D eigenvalue weighted by molar-refractivity contribution is 7.17. The third kappa shape index (κ3) is 3.48. The molecule has 0 saturated heterocycles. The highest BCUT2D eigenvalue weighted by Gasteiger charge is 2.14. The Morgan fingerprint density at radius 2 is 1.67 bits per heavy atom. The van der Waals surface area contributed by atoms with Gasteiger partial charge >= 0.3 is 0 Å². The largest absolute Gasteiger partial charge is 0.366 e. The van der Waals surface area contributed by atoms with Gasteiger partial charge in [0, 0.05) is 9.90 Å². The number of para-hydroxylation sites is 1. The lowest BCUT2D eigenvalue weighted by Crippen LogP contribution is -2.17. The maximum atomic E-state index is 12.4. The van der Waals surface area contributed by atoms with Gasteiger partial charge in [0.25, 0.3) is 11.8 Å². The van der Waals surface area contributed by atoms with Crippen LogP contribution in [-0.2, 0) is 0 Å². The predicted octanol–water partition coefficient (Wildman–Crippen LogP) is 4.42. The molecule has 0 radical (unpaired) electrons. The van der Waals surface area contributed by atoms with Crippen LogP contribution in [0.25, 0.3) is 10.4 Å². The van der Waals surface area contributed by atoms with Crippen LogP contribution in [0.2, 0.25) is 5.02 Å². The van der Waals surface area contributed by atoms with Crippen LogP contribution in [0.3, 0.4) is 0 Å². The number of primary amides is 1. The van der Waals surface area contributed by atoms with Gasteiger partial charge in [-0.2, -0.15) is 0 Å². The van der Waals surface area contributed by atoms with Gasteiger partial charge in [-0.3, -0.25) is 9.59 Å². The van der Waals surface area contributed by atoms with Gasteiger partial charge in [-0.25, -0.2) is 0 Å². The lowest BCUT2D eigenvalue weighted by atomic mass is 10.1. The van der Waals surface area contributed by atoms with Crippen LogP contribution in [0.1, 0.15) is 20.0 Å². The van der Waals surface area contributed by atoms with E-state index in [-0.39, 0.29) is 11.5 Å². The van der Waals surface area contributed by atoms with E-state index in [1.54, 1.807) is 42.5 Å². The maximum Gasteiger partial charge on any atom is 0.265 e. The Bertz CT molecular complexity index is 903. The molecule has 0 saturated carbocycles. The first-order valence-corrected chi connectivity index (χ1v) is 8.30. The molecular weight excluding hydrogens is 344 g/mol. The summed E-state index contributed by atoms with van der Waals surface area (Å²) in [6, 6.07) is 17.7. The molecule has 4 nitrogen and oxygen atoms in total. The van der Waals surface area contributed by atoms with Crippen LogP contribution in [-0.4, -0.2) is 11.8 Å². The van der Waals surface area contributed by atoms with Gasteiger partial charge in [0.15, 0.2) is 0 Å². The molecule has 120 valence electrons. The molecule has 0 spiro atoms. The van der Waals surface area contributed by atoms with E-state index in [0.717, 1.165) is 10.4 Å². The second-order valence-electron chi connectivity index (χ2n) is 5.03. The average molecular weight is 357 g/mol. The van der Waals surface area contributed by atoms with Crippen LogP contribution in [0.5, 0.6) is 0 Å². The minimum Gasteiger partial charge on any atom is -0.366 e. The van der Waals surface area contributed by atoms with E-state index in [1.165, 1.54) is 11.3 Å². The second-order valence-corrected chi connectivity index (χ2v) is 6.55. The van der Waals surface area contributed by atoms with Crippen LogP contribution in [0, 0.1) is 0 Å². The number of nitrogens with two attached hydrogens (primary N) is 1. The Morgan fingerprint density at radius 3 is 2.38 bits per heavy atom. The van der Waals surface area contributed by atoms with Crippen LogP contribution in [0.4, 0.5) is 5.69 Å². The quantitative estimate of drug-likeness (QED) is 0.726. The molecule has 3 aromatic rings.